The monoisotopic (exact) mass is 339 g/mol. The van der Waals surface area contributed by atoms with Crippen LogP contribution >= 0.6 is 11.3 Å². The Kier molecular flexibility index (Phi) is 5.39. The summed E-state index contributed by atoms with van der Waals surface area (Å²) in [6.07, 6.45) is -0.285. The second-order valence-electron chi connectivity index (χ2n) is 5.45. The van der Waals surface area contributed by atoms with E-state index in [0.29, 0.717) is 11.3 Å². The Bertz CT molecular complexity index is 714. The number of rotatable bonds is 6. The smallest absolute Gasteiger partial charge is 0.241 e. The third-order valence-electron chi connectivity index (χ3n) is 3.45. The van der Waals surface area contributed by atoms with E-state index in [1.54, 1.807) is 13.8 Å². The molecule has 0 spiro atoms. The first kappa shape index (κ1) is 17.1. The number of aryl methyl sites for hydroxylation is 3. The predicted molar refractivity (Wildman–Crippen MR) is 89.7 cm³/mol. The summed E-state index contributed by atoms with van der Waals surface area (Å²) in [5, 5.41) is 11.9. The molecule has 1 unspecified atom stereocenters. The number of aliphatic hydroxyl groups is 1. The number of nitrogens with one attached hydrogen (secondary N) is 1. The number of hydrogen-bond donors (Lipinski definition) is 2. The van der Waals surface area contributed by atoms with Crippen molar-refractivity contribution in [2.75, 3.05) is 6.54 Å². The van der Waals surface area contributed by atoms with E-state index in [2.05, 4.69) is 4.72 Å². The van der Waals surface area contributed by atoms with Gasteiger partial charge in [0.2, 0.25) is 10.0 Å². The van der Waals surface area contributed by atoms with Gasteiger partial charge in [0.15, 0.2) is 0 Å². The minimum Gasteiger partial charge on any atom is -0.388 e. The van der Waals surface area contributed by atoms with E-state index in [9.17, 15) is 13.5 Å². The fourth-order valence-corrected chi connectivity index (χ4v) is 4.86. The van der Waals surface area contributed by atoms with Crippen LogP contribution in [0.3, 0.4) is 0 Å². The van der Waals surface area contributed by atoms with Crippen molar-refractivity contribution in [3.63, 3.8) is 0 Å². The maximum Gasteiger partial charge on any atom is 0.241 e. The Hall–Kier alpha value is -1.21. The van der Waals surface area contributed by atoms with E-state index in [1.807, 2.05) is 36.6 Å². The summed E-state index contributed by atoms with van der Waals surface area (Å²) in [6.45, 7) is 5.75. The third kappa shape index (κ3) is 3.95. The van der Waals surface area contributed by atoms with E-state index >= 15 is 0 Å². The van der Waals surface area contributed by atoms with Crippen LogP contribution < -0.4 is 4.72 Å². The highest BCUT2D eigenvalue weighted by molar-refractivity contribution is 7.89. The lowest BCUT2D eigenvalue weighted by Gasteiger charge is -2.14. The van der Waals surface area contributed by atoms with Crippen LogP contribution in [0, 0.1) is 20.8 Å². The van der Waals surface area contributed by atoms with Crippen molar-refractivity contribution in [3.8, 4) is 0 Å². The standard InChI is InChI=1S/C16H21NO3S2/c1-11-9-12(2)16(13(3)10-11)22(19,20)17-7-6-14(18)15-5-4-8-21-15/h4-5,8-10,14,17-18H,6-7H2,1-3H3. The fraction of sp³-hybridized carbons (Fsp3) is 0.375. The molecule has 1 atom stereocenters. The minimum absolute atomic E-state index is 0.203. The summed E-state index contributed by atoms with van der Waals surface area (Å²) in [7, 11) is -3.56. The lowest BCUT2D eigenvalue weighted by Crippen LogP contribution is -2.27. The first-order valence-corrected chi connectivity index (χ1v) is 9.46. The fourth-order valence-electron chi connectivity index (χ4n) is 2.62. The molecule has 0 radical (unpaired) electrons. The van der Waals surface area contributed by atoms with E-state index in [4.69, 9.17) is 0 Å². The molecule has 0 bridgehead atoms. The molecular formula is C16H21NO3S2. The molecule has 6 heteroatoms. The van der Waals surface area contributed by atoms with Crippen molar-refractivity contribution in [3.05, 3.63) is 51.2 Å². The Morgan fingerprint density at radius 2 is 1.86 bits per heavy atom. The first-order chi connectivity index (χ1) is 10.3. The van der Waals surface area contributed by atoms with Gasteiger partial charge in [-0.25, -0.2) is 13.1 Å². The third-order valence-corrected chi connectivity index (χ3v) is 6.19. The maximum atomic E-state index is 12.5. The lowest BCUT2D eigenvalue weighted by atomic mass is 10.1. The summed E-state index contributed by atoms with van der Waals surface area (Å²) in [6, 6.07) is 7.44. The average Bonchev–Trinajstić information content (AvgIpc) is 2.90. The Morgan fingerprint density at radius 1 is 1.23 bits per heavy atom. The number of benzene rings is 1. The summed E-state index contributed by atoms with van der Waals surface area (Å²) >= 11 is 1.46. The van der Waals surface area contributed by atoms with Crippen LogP contribution in [-0.4, -0.2) is 20.1 Å². The molecule has 1 aromatic heterocycles. The maximum absolute atomic E-state index is 12.5. The molecular weight excluding hydrogens is 318 g/mol. The number of hydrogen-bond acceptors (Lipinski definition) is 4. The highest BCUT2D eigenvalue weighted by Gasteiger charge is 2.20. The van der Waals surface area contributed by atoms with E-state index in [1.165, 1.54) is 11.3 Å². The molecule has 0 fully saturated rings. The Balaban J connectivity index is 2.06. The van der Waals surface area contributed by atoms with Crippen molar-refractivity contribution in [1.82, 2.24) is 4.72 Å². The molecule has 1 heterocycles. The largest absolute Gasteiger partial charge is 0.388 e. The molecule has 22 heavy (non-hydrogen) atoms. The van der Waals surface area contributed by atoms with Gasteiger partial charge in [0.05, 0.1) is 11.0 Å². The van der Waals surface area contributed by atoms with Crippen molar-refractivity contribution in [2.45, 2.75) is 38.2 Å². The van der Waals surface area contributed by atoms with E-state index in [0.717, 1.165) is 21.6 Å². The van der Waals surface area contributed by atoms with E-state index in [-0.39, 0.29) is 6.54 Å². The van der Waals surface area contributed by atoms with Crippen LogP contribution in [0.1, 0.15) is 34.1 Å². The molecule has 0 aliphatic carbocycles. The summed E-state index contributed by atoms with van der Waals surface area (Å²) in [5.41, 5.74) is 2.52. The highest BCUT2D eigenvalue weighted by atomic mass is 32.2. The number of thiophene rings is 1. The molecule has 0 saturated heterocycles. The number of aliphatic hydroxyl groups excluding tert-OH is 1. The van der Waals surface area contributed by atoms with Gasteiger partial charge in [-0.15, -0.1) is 11.3 Å². The number of sulfonamides is 1. The van der Waals surface area contributed by atoms with Crippen LogP contribution in [0.2, 0.25) is 0 Å². The second-order valence-corrected chi connectivity index (χ2v) is 8.13. The van der Waals surface area contributed by atoms with Crippen molar-refractivity contribution >= 4 is 21.4 Å². The molecule has 0 saturated carbocycles. The van der Waals surface area contributed by atoms with Gasteiger partial charge < -0.3 is 5.11 Å². The van der Waals surface area contributed by atoms with Crippen LogP contribution in [0.4, 0.5) is 0 Å². The van der Waals surface area contributed by atoms with Gasteiger partial charge in [-0.1, -0.05) is 23.8 Å². The highest BCUT2D eigenvalue weighted by Crippen LogP contribution is 2.23. The SMILES string of the molecule is Cc1cc(C)c(S(=O)(=O)NCCC(O)c2cccs2)c(C)c1. The normalized spacial score (nSPS) is 13.3. The van der Waals surface area contributed by atoms with Crippen molar-refractivity contribution in [1.29, 1.82) is 0 Å². The molecule has 2 aromatic rings. The summed E-state index contributed by atoms with van der Waals surface area (Å²) < 4.78 is 27.5. The van der Waals surface area contributed by atoms with Gasteiger partial charge in [-0.3, -0.25) is 0 Å². The Labute approximate surface area is 135 Å². The zero-order valence-electron chi connectivity index (χ0n) is 13.0. The molecule has 2 rings (SSSR count). The molecule has 4 nitrogen and oxygen atoms in total. The van der Waals surface area contributed by atoms with Crippen molar-refractivity contribution in [2.24, 2.45) is 0 Å². The summed E-state index contributed by atoms with van der Waals surface area (Å²) in [4.78, 5) is 1.19. The molecule has 0 amide bonds. The average molecular weight is 339 g/mol. The van der Waals surface area contributed by atoms with Crippen molar-refractivity contribution < 1.29 is 13.5 Å². The predicted octanol–water partition coefficient (Wildman–Crippen LogP) is 3.08. The van der Waals surface area contributed by atoms with E-state index < -0.39 is 16.1 Å². The van der Waals surface area contributed by atoms with Gasteiger partial charge in [0, 0.05) is 11.4 Å². The quantitative estimate of drug-likeness (QED) is 0.850. The summed E-state index contributed by atoms with van der Waals surface area (Å²) in [5.74, 6) is 0. The zero-order chi connectivity index (χ0) is 16.3. The lowest BCUT2D eigenvalue weighted by molar-refractivity contribution is 0.173. The molecule has 120 valence electrons. The molecule has 1 aromatic carbocycles. The minimum atomic E-state index is -3.56. The van der Waals surface area contributed by atoms with Gasteiger partial charge in [0.25, 0.3) is 0 Å². The van der Waals surface area contributed by atoms with Gasteiger partial charge in [0.1, 0.15) is 0 Å². The van der Waals surface area contributed by atoms with Gasteiger partial charge in [-0.2, -0.15) is 0 Å². The molecule has 0 aliphatic heterocycles. The van der Waals surface area contributed by atoms with Crippen LogP contribution in [-0.2, 0) is 10.0 Å². The van der Waals surface area contributed by atoms with Crippen LogP contribution in [0.5, 0.6) is 0 Å². The zero-order valence-corrected chi connectivity index (χ0v) is 14.6. The van der Waals surface area contributed by atoms with Gasteiger partial charge >= 0.3 is 0 Å². The molecule has 2 N–H and O–H groups in total. The second kappa shape index (κ2) is 6.91. The van der Waals surface area contributed by atoms with Crippen LogP contribution in [0.25, 0.3) is 0 Å². The topological polar surface area (TPSA) is 66.4 Å². The first-order valence-electron chi connectivity index (χ1n) is 7.10. The van der Waals surface area contributed by atoms with Gasteiger partial charge in [-0.05, 0) is 49.8 Å². The van der Waals surface area contributed by atoms with Crippen LogP contribution in [0.15, 0.2) is 34.5 Å². The molecule has 0 aliphatic rings. The Morgan fingerprint density at radius 3 is 2.41 bits per heavy atom.